The van der Waals surface area contributed by atoms with Crippen LogP contribution in [0.4, 0.5) is 4.39 Å². The van der Waals surface area contributed by atoms with Crippen molar-refractivity contribution in [2.45, 2.75) is 25.9 Å². The van der Waals surface area contributed by atoms with Crippen molar-refractivity contribution in [3.05, 3.63) is 107 Å². The third kappa shape index (κ3) is 4.35. The van der Waals surface area contributed by atoms with Crippen molar-refractivity contribution in [3.63, 3.8) is 0 Å². The van der Waals surface area contributed by atoms with Gasteiger partial charge < -0.3 is 5.32 Å². The Balaban J connectivity index is 1.61. The molecule has 29 heavy (non-hydrogen) atoms. The minimum absolute atomic E-state index is 0.0685. The van der Waals surface area contributed by atoms with Crippen LogP contribution < -0.4 is 5.32 Å². The maximum absolute atomic E-state index is 14.4. The van der Waals surface area contributed by atoms with Crippen LogP contribution in [0.5, 0.6) is 0 Å². The van der Waals surface area contributed by atoms with E-state index in [9.17, 15) is 4.39 Å². The molecule has 146 valence electrons. The van der Waals surface area contributed by atoms with Crippen molar-refractivity contribution in [3.8, 4) is 0 Å². The topological polar surface area (TPSA) is 27.6 Å². The third-order valence-corrected chi connectivity index (χ3v) is 5.38. The zero-order valence-electron chi connectivity index (χ0n) is 16.2. The molecule has 0 saturated heterocycles. The van der Waals surface area contributed by atoms with Gasteiger partial charge in [0.2, 0.25) is 0 Å². The quantitative estimate of drug-likeness (QED) is 0.594. The van der Waals surface area contributed by atoms with E-state index in [1.165, 1.54) is 11.6 Å². The summed E-state index contributed by atoms with van der Waals surface area (Å²) in [6.45, 7) is 2.67. The van der Waals surface area contributed by atoms with E-state index in [2.05, 4.69) is 36.5 Å². The zero-order valence-corrected chi connectivity index (χ0v) is 17.0. The number of hydrogen-bond acceptors (Lipinski definition) is 2. The normalized spacial score (nSPS) is 15.9. The fourth-order valence-corrected chi connectivity index (χ4v) is 3.70. The van der Waals surface area contributed by atoms with Crippen LogP contribution in [0.15, 0.2) is 84.0 Å². The average Bonchev–Trinajstić information content (AvgIpc) is 3.19. The molecule has 0 aliphatic carbocycles. The number of benzene rings is 3. The molecule has 0 spiro atoms. The molecule has 0 unspecified atom stereocenters. The van der Waals surface area contributed by atoms with Gasteiger partial charge in [0, 0.05) is 18.5 Å². The standard InChI is InChI=1S/C24H22FN3S/c1-17-11-13-19(14-12-17)23-15-22(20-9-5-6-10-21(20)25)27-28(23)24(29)26-16-18-7-3-2-4-8-18/h2-14,23H,15-16H2,1H3,(H,26,29)/t23-/m0/s1. The lowest BCUT2D eigenvalue weighted by Gasteiger charge is -2.25. The van der Waals surface area contributed by atoms with Gasteiger partial charge in [-0.05, 0) is 36.3 Å². The summed E-state index contributed by atoms with van der Waals surface area (Å²) in [7, 11) is 0. The van der Waals surface area contributed by atoms with Crippen LogP contribution in [0.25, 0.3) is 0 Å². The summed E-state index contributed by atoms with van der Waals surface area (Å²) in [4.78, 5) is 0. The van der Waals surface area contributed by atoms with Crippen LogP contribution in [0.2, 0.25) is 0 Å². The third-order valence-electron chi connectivity index (χ3n) is 5.05. The van der Waals surface area contributed by atoms with Gasteiger partial charge in [-0.15, -0.1) is 0 Å². The first-order valence-electron chi connectivity index (χ1n) is 9.62. The number of rotatable bonds is 4. The van der Waals surface area contributed by atoms with Gasteiger partial charge in [-0.2, -0.15) is 5.10 Å². The van der Waals surface area contributed by atoms with Crippen LogP contribution >= 0.6 is 12.2 Å². The maximum atomic E-state index is 14.4. The Bertz CT molecular complexity index is 1030. The number of hydrogen-bond donors (Lipinski definition) is 1. The van der Waals surface area contributed by atoms with Crippen molar-refractivity contribution >= 4 is 23.0 Å². The van der Waals surface area contributed by atoms with Crippen LogP contribution in [0.1, 0.15) is 34.7 Å². The lowest BCUT2D eigenvalue weighted by atomic mass is 9.97. The molecule has 3 aromatic rings. The van der Waals surface area contributed by atoms with Gasteiger partial charge >= 0.3 is 0 Å². The van der Waals surface area contributed by atoms with Gasteiger partial charge in [-0.25, -0.2) is 9.40 Å². The maximum Gasteiger partial charge on any atom is 0.190 e. The molecule has 0 aromatic heterocycles. The first-order chi connectivity index (χ1) is 14.1. The number of nitrogens with zero attached hydrogens (tertiary/aromatic N) is 2. The number of thiocarbonyl (C=S) groups is 1. The molecule has 1 heterocycles. The van der Waals surface area contributed by atoms with Gasteiger partial charge in [0.05, 0.1) is 11.8 Å². The molecule has 0 fully saturated rings. The molecule has 0 radical (unpaired) electrons. The van der Waals surface area contributed by atoms with Crippen LogP contribution in [0, 0.1) is 12.7 Å². The van der Waals surface area contributed by atoms with E-state index >= 15 is 0 Å². The number of aryl methyl sites for hydroxylation is 1. The highest BCUT2D eigenvalue weighted by Crippen LogP contribution is 2.33. The summed E-state index contributed by atoms with van der Waals surface area (Å²) in [5, 5.41) is 10.4. The minimum Gasteiger partial charge on any atom is -0.357 e. The van der Waals surface area contributed by atoms with Crippen molar-refractivity contribution in [2.75, 3.05) is 0 Å². The second-order valence-electron chi connectivity index (χ2n) is 7.15. The molecule has 0 bridgehead atoms. The Hall–Kier alpha value is -3.05. The fourth-order valence-electron chi connectivity index (χ4n) is 3.46. The second-order valence-corrected chi connectivity index (χ2v) is 7.53. The summed E-state index contributed by atoms with van der Waals surface area (Å²) in [6, 6.07) is 25.1. The molecule has 1 aliphatic heterocycles. The number of hydrazone groups is 1. The first-order valence-corrected chi connectivity index (χ1v) is 10.0. The highest BCUT2D eigenvalue weighted by molar-refractivity contribution is 7.80. The van der Waals surface area contributed by atoms with Crippen LogP contribution in [-0.2, 0) is 6.54 Å². The summed E-state index contributed by atoms with van der Waals surface area (Å²) in [5.74, 6) is -0.265. The fraction of sp³-hybridized carbons (Fsp3) is 0.167. The summed E-state index contributed by atoms with van der Waals surface area (Å²) >= 11 is 5.67. The van der Waals surface area contributed by atoms with E-state index in [1.54, 1.807) is 12.1 Å². The Kier molecular flexibility index (Phi) is 5.67. The summed E-state index contributed by atoms with van der Waals surface area (Å²) in [5.41, 5.74) is 4.67. The minimum atomic E-state index is -0.265. The highest BCUT2D eigenvalue weighted by Gasteiger charge is 2.32. The Labute approximate surface area is 175 Å². The van der Waals surface area contributed by atoms with Gasteiger partial charge in [0.15, 0.2) is 5.11 Å². The summed E-state index contributed by atoms with van der Waals surface area (Å²) in [6.07, 6.45) is 0.594. The van der Waals surface area contributed by atoms with E-state index in [-0.39, 0.29) is 11.9 Å². The number of halogens is 1. The largest absolute Gasteiger partial charge is 0.357 e. The van der Waals surface area contributed by atoms with Gasteiger partial charge in [-0.1, -0.05) is 78.4 Å². The van der Waals surface area contributed by atoms with E-state index in [1.807, 2.05) is 41.4 Å². The molecule has 1 N–H and O–H groups in total. The molecule has 1 atom stereocenters. The van der Waals surface area contributed by atoms with Gasteiger partial charge in [0.1, 0.15) is 5.82 Å². The number of nitrogens with one attached hydrogen (secondary N) is 1. The average molecular weight is 404 g/mol. The molecule has 1 aliphatic rings. The summed E-state index contributed by atoms with van der Waals surface area (Å²) < 4.78 is 14.4. The van der Waals surface area contributed by atoms with Crippen molar-refractivity contribution in [1.82, 2.24) is 10.3 Å². The molecule has 0 saturated carbocycles. The lowest BCUT2D eigenvalue weighted by Crippen LogP contribution is -2.36. The van der Waals surface area contributed by atoms with E-state index in [0.29, 0.717) is 29.4 Å². The van der Waals surface area contributed by atoms with Crippen molar-refractivity contribution in [2.24, 2.45) is 5.10 Å². The van der Waals surface area contributed by atoms with E-state index < -0.39 is 0 Å². The second kappa shape index (κ2) is 8.53. The van der Waals surface area contributed by atoms with Crippen LogP contribution in [0.3, 0.4) is 0 Å². The predicted molar refractivity (Wildman–Crippen MR) is 119 cm³/mol. The SMILES string of the molecule is Cc1ccc([C@@H]2CC(c3ccccc3F)=NN2C(=S)NCc2ccccc2)cc1. The molecule has 4 rings (SSSR count). The first kappa shape index (κ1) is 19.3. The molecule has 3 nitrogen and oxygen atoms in total. The van der Waals surface area contributed by atoms with Crippen molar-refractivity contribution in [1.29, 1.82) is 0 Å². The monoisotopic (exact) mass is 403 g/mol. The van der Waals surface area contributed by atoms with Gasteiger partial charge in [-0.3, -0.25) is 0 Å². The zero-order chi connectivity index (χ0) is 20.2. The molecular formula is C24H22FN3S. The molecular weight excluding hydrogens is 381 g/mol. The highest BCUT2D eigenvalue weighted by atomic mass is 32.1. The van der Waals surface area contributed by atoms with E-state index in [4.69, 9.17) is 17.3 Å². The van der Waals surface area contributed by atoms with E-state index in [0.717, 1.165) is 11.1 Å². The molecule has 0 amide bonds. The molecule has 5 heteroatoms. The Morgan fingerprint density at radius 2 is 1.72 bits per heavy atom. The lowest BCUT2D eigenvalue weighted by molar-refractivity contribution is 0.364. The van der Waals surface area contributed by atoms with Gasteiger partial charge in [0.25, 0.3) is 0 Å². The molecule has 3 aromatic carbocycles. The Morgan fingerprint density at radius 1 is 1.03 bits per heavy atom. The van der Waals surface area contributed by atoms with Crippen molar-refractivity contribution < 1.29 is 4.39 Å². The van der Waals surface area contributed by atoms with Crippen LogP contribution in [-0.4, -0.2) is 15.8 Å². The predicted octanol–water partition coefficient (Wildman–Crippen LogP) is 5.36. The smallest absolute Gasteiger partial charge is 0.190 e. The Morgan fingerprint density at radius 3 is 2.45 bits per heavy atom.